The van der Waals surface area contributed by atoms with E-state index < -0.39 is 0 Å². The molecular weight excluding hydrogens is 294 g/mol. The second-order valence-electron chi connectivity index (χ2n) is 4.16. The third kappa shape index (κ3) is 3.05. The number of nitrogen functional groups attached to an aromatic ring is 1. The van der Waals surface area contributed by atoms with Gasteiger partial charge in [-0.15, -0.1) is 12.6 Å². The van der Waals surface area contributed by atoms with Gasteiger partial charge in [-0.3, -0.25) is 0 Å². The van der Waals surface area contributed by atoms with Crippen LogP contribution in [0.5, 0.6) is 0 Å². The predicted octanol–water partition coefficient (Wildman–Crippen LogP) is 4.22. The molecule has 0 atom stereocenters. The molecular formula is C14H14BrNS. The number of nitrogens with two attached hydrogens (primary N) is 1. The first-order chi connectivity index (χ1) is 8.06. The third-order valence-electron chi connectivity index (χ3n) is 2.72. The van der Waals surface area contributed by atoms with E-state index in [0.717, 1.165) is 27.0 Å². The molecule has 2 aromatic carbocycles. The van der Waals surface area contributed by atoms with Gasteiger partial charge in [-0.1, -0.05) is 29.8 Å². The van der Waals surface area contributed by atoms with Crippen molar-refractivity contribution in [2.45, 2.75) is 18.2 Å². The lowest BCUT2D eigenvalue weighted by Gasteiger charge is -2.08. The second kappa shape index (κ2) is 5.15. The molecule has 3 heteroatoms. The summed E-state index contributed by atoms with van der Waals surface area (Å²) in [5.74, 6) is 0. The summed E-state index contributed by atoms with van der Waals surface area (Å²) in [6, 6.07) is 12.4. The molecule has 0 saturated heterocycles. The van der Waals surface area contributed by atoms with Gasteiger partial charge in [0.05, 0.1) is 0 Å². The first-order valence-electron chi connectivity index (χ1n) is 5.38. The zero-order valence-electron chi connectivity index (χ0n) is 9.57. The molecule has 0 aliphatic rings. The van der Waals surface area contributed by atoms with Crippen LogP contribution in [-0.2, 0) is 6.42 Å². The topological polar surface area (TPSA) is 26.0 Å². The van der Waals surface area contributed by atoms with Gasteiger partial charge in [0.1, 0.15) is 0 Å². The first-order valence-corrected chi connectivity index (χ1v) is 6.62. The van der Waals surface area contributed by atoms with E-state index in [9.17, 15) is 0 Å². The molecule has 88 valence electrons. The standard InChI is InChI=1S/C14H14BrNS/c1-9-2-4-10(5-3-9)6-11-7-14(17)12(15)8-13(11)16/h2-5,7-8,17H,6,16H2,1H3. The molecule has 0 aliphatic carbocycles. The zero-order valence-corrected chi connectivity index (χ0v) is 12.1. The average molecular weight is 308 g/mol. The summed E-state index contributed by atoms with van der Waals surface area (Å²) in [6.07, 6.45) is 0.840. The number of anilines is 1. The number of benzene rings is 2. The van der Waals surface area contributed by atoms with Gasteiger partial charge >= 0.3 is 0 Å². The molecule has 17 heavy (non-hydrogen) atoms. The quantitative estimate of drug-likeness (QED) is 0.630. The Morgan fingerprint density at radius 1 is 1.18 bits per heavy atom. The van der Waals surface area contributed by atoms with E-state index in [-0.39, 0.29) is 0 Å². The maximum absolute atomic E-state index is 6.00. The molecule has 0 amide bonds. The van der Waals surface area contributed by atoms with Crippen molar-refractivity contribution in [1.82, 2.24) is 0 Å². The highest BCUT2D eigenvalue weighted by atomic mass is 79.9. The average Bonchev–Trinajstić information content (AvgIpc) is 2.29. The monoisotopic (exact) mass is 307 g/mol. The van der Waals surface area contributed by atoms with Crippen LogP contribution >= 0.6 is 28.6 Å². The van der Waals surface area contributed by atoms with E-state index in [4.69, 9.17) is 5.73 Å². The first kappa shape index (κ1) is 12.5. The Morgan fingerprint density at radius 3 is 2.47 bits per heavy atom. The molecule has 0 radical (unpaired) electrons. The highest BCUT2D eigenvalue weighted by Crippen LogP contribution is 2.28. The van der Waals surface area contributed by atoms with Crippen molar-refractivity contribution in [2.75, 3.05) is 5.73 Å². The molecule has 0 fully saturated rings. The van der Waals surface area contributed by atoms with Crippen molar-refractivity contribution in [3.8, 4) is 0 Å². The molecule has 0 spiro atoms. The Labute approximate surface area is 116 Å². The lowest BCUT2D eigenvalue weighted by Crippen LogP contribution is -1.96. The Morgan fingerprint density at radius 2 is 1.82 bits per heavy atom. The van der Waals surface area contributed by atoms with Crippen LogP contribution in [0.25, 0.3) is 0 Å². The molecule has 0 saturated carbocycles. The number of hydrogen-bond donors (Lipinski definition) is 2. The van der Waals surface area contributed by atoms with Crippen LogP contribution in [0.15, 0.2) is 45.8 Å². The maximum atomic E-state index is 6.00. The van der Waals surface area contributed by atoms with Crippen molar-refractivity contribution in [3.05, 3.63) is 57.6 Å². The Balaban J connectivity index is 2.30. The van der Waals surface area contributed by atoms with Crippen molar-refractivity contribution in [1.29, 1.82) is 0 Å². The molecule has 2 rings (SSSR count). The van der Waals surface area contributed by atoms with Crippen LogP contribution in [0.4, 0.5) is 5.69 Å². The highest BCUT2D eigenvalue weighted by Gasteiger charge is 2.05. The molecule has 0 bridgehead atoms. The minimum atomic E-state index is 0.801. The summed E-state index contributed by atoms with van der Waals surface area (Å²) in [5.41, 5.74) is 10.5. The minimum Gasteiger partial charge on any atom is -0.398 e. The molecule has 2 N–H and O–H groups in total. The van der Waals surface area contributed by atoms with Crippen LogP contribution in [0.1, 0.15) is 16.7 Å². The number of aryl methyl sites for hydroxylation is 1. The number of rotatable bonds is 2. The normalized spacial score (nSPS) is 10.5. The van der Waals surface area contributed by atoms with E-state index in [1.807, 2.05) is 12.1 Å². The molecule has 0 aliphatic heterocycles. The molecule has 1 nitrogen and oxygen atoms in total. The van der Waals surface area contributed by atoms with Gasteiger partial charge in [0.25, 0.3) is 0 Å². The maximum Gasteiger partial charge on any atom is 0.0362 e. The van der Waals surface area contributed by atoms with Crippen LogP contribution < -0.4 is 5.73 Å². The molecule has 0 heterocycles. The van der Waals surface area contributed by atoms with Crippen LogP contribution in [0, 0.1) is 6.92 Å². The Kier molecular flexibility index (Phi) is 3.79. The van der Waals surface area contributed by atoms with Crippen molar-refractivity contribution in [3.63, 3.8) is 0 Å². The van der Waals surface area contributed by atoms with Crippen LogP contribution in [0.3, 0.4) is 0 Å². The fraction of sp³-hybridized carbons (Fsp3) is 0.143. The Bertz CT molecular complexity index is 535. The van der Waals surface area contributed by atoms with Gasteiger partial charge in [-0.2, -0.15) is 0 Å². The summed E-state index contributed by atoms with van der Waals surface area (Å²) >= 11 is 7.81. The SMILES string of the molecule is Cc1ccc(Cc2cc(S)c(Br)cc2N)cc1. The van der Waals surface area contributed by atoms with Gasteiger partial charge in [-0.25, -0.2) is 0 Å². The fourth-order valence-corrected chi connectivity index (χ4v) is 2.28. The summed E-state index contributed by atoms with van der Waals surface area (Å²) in [4.78, 5) is 0.918. The van der Waals surface area contributed by atoms with Crippen molar-refractivity contribution < 1.29 is 0 Å². The summed E-state index contributed by atoms with van der Waals surface area (Å²) in [5, 5.41) is 0. The summed E-state index contributed by atoms with van der Waals surface area (Å²) in [7, 11) is 0. The lowest BCUT2D eigenvalue weighted by atomic mass is 10.0. The molecule has 0 unspecified atom stereocenters. The zero-order chi connectivity index (χ0) is 12.4. The molecule has 0 aromatic heterocycles. The van der Waals surface area contributed by atoms with Crippen molar-refractivity contribution in [2.24, 2.45) is 0 Å². The van der Waals surface area contributed by atoms with Crippen molar-refractivity contribution >= 4 is 34.2 Å². The highest BCUT2D eigenvalue weighted by molar-refractivity contribution is 9.10. The minimum absolute atomic E-state index is 0.801. The van der Waals surface area contributed by atoms with Gasteiger partial charge in [0.15, 0.2) is 0 Å². The van der Waals surface area contributed by atoms with Crippen LogP contribution in [0.2, 0.25) is 0 Å². The van der Waals surface area contributed by atoms with E-state index in [1.165, 1.54) is 11.1 Å². The summed E-state index contributed by atoms with van der Waals surface area (Å²) in [6.45, 7) is 2.09. The Hall–Kier alpha value is -0.930. The van der Waals surface area contributed by atoms with E-state index in [0.29, 0.717) is 0 Å². The molecule has 2 aromatic rings. The smallest absolute Gasteiger partial charge is 0.0362 e. The van der Waals surface area contributed by atoms with Gasteiger partial charge < -0.3 is 5.73 Å². The van der Waals surface area contributed by atoms with Crippen LogP contribution in [-0.4, -0.2) is 0 Å². The van der Waals surface area contributed by atoms with Gasteiger partial charge in [-0.05, 0) is 52.5 Å². The largest absolute Gasteiger partial charge is 0.398 e. The van der Waals surface area contributed by atoms with E-state index in [2.05, 4.69) is 59.7 Å². The fourth-order valence-electron chi connectivity index (χ4n) is 1.70. The summed E-state index contributed by atoms with van der Waals surface area (Å²) < 4.78 is 0.936. The lowest BCUT2D eigenvalue weighted by molar-refractivity contribution is 1.17. The second-order valence-corrected chi connectivity index (χ2v) is 5.50. The van der Waals surface area contributed by atoms with Gasteiger partial charge in [0, 0.05) is 15.1 Å². The third-order valence-corrected chi connectivity index (χ3v) is 4.06. The number of hydrogen-bond acceptors (Lipinski definition) is 2. The van der Waals surface area contributed by atoms with Gasteiger partial charge in [0.2, 0.25) is 0 Å². The predicted molar refractivity (Wildman–Crippen MR) is 79.8 cm³/mol. The number of thiol groups is 1. The number of halogens is 1. The van der Waals surface area contributed by atoms with E-state index >= 15 is 0 Å². The van der Waals surface area contributed by atoms with E-state index in [1.54, 1.807) is 0 Å².